The topological polar surface area (TPSA) is 54.8 Å². The second kappa shape index (κ2) is 15.9. The molecule has 35 heavy (non-hydrogen) atoms. The number of aromatic amines is 1. The molecule has 0 bridgehead atoms. The first-order valence-electron chi connectivity index (χ1n) is 13.9. The summed E-state index contributed by atoms with van der Waals surface area (Å²) in [6, 6.07) is 13.7. The molecule has 4 nitrogen and oxygen atoms in total. The van der Waals surface area contributed by atoms with Crippen molar-refractivity contribution in [1.29, 1.82) is 0 Å². The summed E-state index contributed by atoms with van der Waals surface area (Å²) < 4.78 is 3.26. The number of H-pyrrole nitrogens is 1. The van der Waals surface area contributed by atoms with Crippen molar-refractivity contribution in [3.63, 3.8) is 0 Å². The Morgan fingerprint density at radius 1 is 0.800 bits per heavy atom. The minimum Gasteiger partial charge on any atom is -0.872 e. The number of fused-ring (bicyclic) bond motifs is 1. The zero-order valence-corrected chi connectivity index (χ0v) is 23.2. The highest BCUT2D eigenvalue weighted by Gasteiger charge is 2.16. The van der Waals surface area contributed by atoms with Crippen molar-refractivity contribution in [2.24, 2.45) is 0 Å². The fourth-order valence-corrected chi connectivity index (χ4v) is 5.24. The second-order valence-electron chi connectivity index (χ2n) is 9.84. The fourth-order valence-electron chi connectivity index (χ4n) is 4.83. The number of benzene rings is 2. The summed E-state index contributed by atoms with van der Waals surface area (Å²) in [6.07, 6.45) is 19.2. The van der Waals surface area contributed by atoms with Gasteiger partial charge >= 0.3 is 5.95 Å². The van der Waals surface area contributed by atoms with Gasteiger partial charge in [0.1, 0.15) is 11.0 Å². The Balaban J connectivity index is 1.36. The Labute approximate surface area is 220 Å². The highest BCUT2D eigenvalue weighted by atomic mass is 79.9. The van der Waals surface area contributed by atoms with Gasteiger partial charge in [0.15, 0.2) is 0 Å². The first-order chi connectivity index (χ1) is 17.2. The summed E-state index contributed by atoms with van der Waals surface area (Å²) in [5, 5.41) is 15.7. The molecule has 5 heteroatoms. The van der Waals surface area contributed by atoms with Gasteiger partial charge in [-0.15, -0.1) is 5.75 Å². The highest BCUT2D eigenvalue weighted by Crippen LogP contribution is 2.21. The number of nitrogens with zero attached hydrogens (tertiary/aromatic N) is 1. The fraction of sp³-hybridized carbons (Fsp3) is 0.567. The summed E-state index contributed by atoms with van der Waals surface area (Å²) in [5.74, 6) is 1.04. The monoisotopic (exact) mass is 541 g/mol. The number of rotatable bonds is 18. The third-order valence-corrected chi connectivity index (χ3v) is 7.42. The van der Waals surface area contributed by atoms with Crippen LogP contribution >= 0.6 is 15.9 Å². The van der Waals surface area contributed by atoms with E-state index in [0.29, 0.717) is 6.54 Å². The zero-order valence-electron chi connectivity index (χ0n) is 21.6. The summed E-state index contributed by atoms with van der Waals surface area (Å²) in [5.41, 5.74) is 3.10. The Bertz CT molecular complexity index is 1000. The number of para-hydroxylation sites is 2. The standard InChI is InChI=1S/C30H44BrN3O/c1-2-3-4-5-6-7-8-9-10-11-12-13-14-17-22-34-28-19-16-15-18-27(28)33-30(34)32-24-25-23-26(31)20-21-29(25)35/h15-16,18-21,23H,2-14,17,22,24H2,1H3,(H2,32,33,35). The number of unbranched alkanes of at least 4 members (excludes halogenated alkanes) is 13. The van der Waals surface area contributed by atoms with Crippen LogP contribution in [0.1, 0.15) is 102 Å². The van der Waals surface area contributed by atoms with E-state index >= 15 is 0 Å². The van der Waals surface area contributed by atoms with Gasteiger partial charge in [-0.3, -0.25) is 5.32 Å². The molecule has 0 unspecified atom stereocenters. The summed E-state index contributed by atoms with van der Waals surface area (Å²) in [6.45, 7) is 3.77. The molecule has 0 aliphatic carbocycles. The first-order valence-corrected chi connectivity index (χ1v) is 14.7. The van der Waals surface area contributed by atoms with Crippen LogP contribution in [0.15, 0.2) is 46.9 Å². The van der Waals surface area contributed by atoms with Gasteiger partial charge in [0, 0.05) is 4.47 Å². The largest absolute Gasteiger partial charge is 0.872 e. The van der Waals surface area contributed by atoms with Gasteiger partial charge in [0.25, 0.3) is 0 Å². The van der Waals surface area contributed by atoms with Gasteiger partial charge in [-0.2, -0.15) is 0 Å². The van der Waals surface area contributed by atoms with Crippen molar-refractivity contribution in [3.8, 4) is 5.75 Å². The Morgan fingerprint density at radius 3 is 2.06 bits per heavy atom. The lowest BCUT2D eigenvalue weighted by atomic mass is 10.0. The molecule has 0 aliphatic heterocycles. The number of aromatic nitrogens is 2. The van der Waals surface area contributed by atoms with Crippen molar-refractivity contribution < 1.29 is 9.67 Å². The van der Waals surface area contributed by atoms with Crippen LogP contribution in [0.2, 0.25) is 0 Å². The number of halogens is 1. The van der Waals surface area contributed by atoms with Crippen LogP contribution in [-0.4, -0.2) is 4.98 Å². The molecule has 0 saturated heterocycles. The molecule has 1 heterocycles. The predicted molar refractivity (Wildman–Crippen MR) is 150 cm³/mol. The van der Waals surface area contributed by atoms with Gasteiger partial charge in [-0.25, -0.2) is 9.55 Å². The van der Waals surface area contributed by atoms with Gasteiger partial charge in [-0.05, 0) is 36.2 Å². The minimum absolute atomic E-state index is 0.0651. The highest BCUT2D eigenvalue weighted by molar-refractivity contribution is 9.10. The third kappa shape index (κ3) is 9.51. The molecule has 2 N–H and O–H groups in total. The van der Waals surface area contributed by atoms with Crippen molar-refractivity contribution in [1.82, 2.24) is 4.98 Å². The van der Waals surface area contributed by atoms with E-state index in [2.05, 4.69) is 62.0 Å². The van der Waals surface area contributed by atoms with Gasteiger partial charge in [-0.1, -0.05) is 125 Å². The Hall–Kier alpha value is -2.01. The molecule has 192 valence electrons. The number of hydrogen-bond donors (Lipinski definition) is 2. The normalized spacial score (nSPS) is 11.4. The van der Waals surface area contributed by atoms with E-state index in [0.717, 1.165) is 28.0 Å². The van der Waals surface area contributed by atoms with Crippen LogP contribution in [-0.2, 0) is 13.1 Å². The summed E-state index contributed by atoms with van der Waals surface area (Å²) in [4.78, 5) is 3.51. The Morgan fingerprint density at radius 2 is 1.40 bits per heavy atom. The van der Waals surface area contributed by atoms with Gasteiger partial charge < -0.3 is 5.11 Å². The average molecular weight is 543 g/mol. The minimum atomic E-state index is 0.0651. The smallest absolute Gasteiger partial charge is 0.356 e. The number of aryl methyl sites for hydroxylation is 1. The van der Waals surface area contributed by atoms with E-state index in [4.69, 9.17) is 0 Å². The number of hydrogen-bond acceptors (Lipinski definition) is 2. The summed E-state index contributed by atoms with van der Waals surface area (Å²) in [7, 11) is 0. The third-order valence-electron chi connectivity index (χ3n) is 6.92. The maximum Gasteiger partial charge on any atom is 0.356 e. The predicted octanol–water partition coefficient (Wildman–Crippen LogP) is 8.38. The first kappa shape index (κ1) is 27.6. The van der Waals surface area contributed by atoms with Crippen LogP contribution in [0.4, 0.5) is 5.95 Å². The van der Waals surface area contributed by atoms with Crippen LogP contribution in [0.25, 0.3) is 11.0 Å². The summed E-state index contributed by atoms with van der Waals surface area (Å²) >= 11 is 3.47. The van der Waals surface area contributed by atoms with E-state index < -0.39 is 0 Å². The lowest BCUT2D eigenvalue weighted by Gasteiger charge is -2.12. The zero-order chi connectivity index (χ0) is 24.7. The molecule has 0 amide bonds. The molecule has 3 aromatic rings. The van der Waals surface area contributed by atoms with Crippen LogP contribution in [0, 0.1) is 0 Å². The van der Waals surface area contributed by atoms with Crippen LogP contribution in [0.5, 0.6) is 5.75 Å². The molecule has 0 spiro atoms. The molecule has 0 fully saturated rings. The van der Waals surface area contributed by atoms with E-state index in [1.54, 1.807) is 12.1 Å². The van der Waals surface area contributed by atoms with Crippen LogP contribution < -0.4 is 15.0 Å². The molecular weight excluding hydrogens is 498 g/mol. The Kier molecular flexibility index (Phi) is 12.5. The van der Waals surface area contributed by atoms with E-state index in [1.165, 1.54) is 95.4 Å². The molecule has 0 aliphatic rings. The van der Waals surface area contributed by atoms with E-state index in [9.17, 15) is 5.11 Å². The molecule has 0 radical (unpaired) electrons. The maximum absolute atomic E-state index is 12.2. The van der Waals surface area contributed by atoms with Crippen molar-refractivity contribution in [2.45, 2.75) is 110 Å². The van der Waals surface area contributed by atoms with E-state index in [-0.39, 0.29) is 5.75 Å². The SMILES string of the molecule is CCCCCCCCCCCCCCCC[n+]1c(NCc2cc(Br)ccc2[O-])[nH]c2ccccc21. The number of anilines is 1. The van der Waals surface area contributed by atoms with Crippen molar-refractivity contribution in [2.75, 3.05) is 5.32 Å². The van der Waals surface area contributed by atoms with Gasteiger partial charge in [0.05, 0.1) is 13.1 Å². The van der Waals surface area contributed by atoms with Gasteiger partial charge in [0.2, 0.25) is 0 Å². The lowest BCUT2D eigenvalue weighted by Crippen LogP contribution is -2.36. The maximum atomic E-state index is 12.2. The van der Waals surface area contributed by atoms with Crippen LogP contribution in [0.3, 0.4) is 0 Å². The molecule has 1 aromatic heterocycles. The molecule has 2 aromatic carbocycles. The molecular formula is C30H44BrN3O. The van der Waals surface area contributed by atoms with Crippen molar-refractivity contribution >= 4 is 32.9 Å². The van der Waals surface area contributed by atoms with E-state index in [1.807, 2.05) is 6.07 Å². The lowest BCUT2D eigenvalue weighted by molar-refractivity contribution is -0.657. The quantitative estimate of drug-likeness (QED) is 0.125. The molecule has 0 saturated carbocycles. The average Bonchev–Trinajstić information content (AvgIpc) is 3.22. The number of imidazole rings is 1. The van der Waals surface area contributed by atoms with Crippen molar-refractivity contribution in [3.05, 3.63) is 52.5 Å². The molecule has 0 atom stereocenters. The molecule has 3 rings (SSSR count). The number of nitrogens with one attached hydrogen (secondary N) is 2. The second-order valence-corrected chi connectivity index (χ2v) is 10.8.